The molecule has 1 saturated heterocycles. The van der Waals surface area contributed by atoms with E-state index < -0.39 is 0 Å². The molecule has 1 atom stereocenters. The van der Waals surface area contributed by atoms with Gasteiger partial charge in [0.2, 0.25) is 17.7 Å². The molecule has 3 aromatic heterocycles. The molecule has 4 rings (SSSR count). The van der Waals surface area contributed by atoms with Crippen LogP contribution in [0.15, 0.2) is 33.5 Å². The van der Waals surface area contributed by atoms with E-state index in [0.717, 1.165) is 49.6 Å². The Morgan fingerprint density at radius 3 is 3.04 bits per heavy atom. The van der Waals surface area contributed by atoms with E-state index in [2.05, 4.69) is 44.1 Å². The molecule has 1 fully saturated rings. The Kier molecular flexibility index (Phi) is 5.24. The molecule has 1 aliphatic heterocycles. The minimum atomic E-state index is 0.257. The maximum Gasteiger partial charge on any atom is 0.249 e. The van der Waals surface area contributed by atoms with Crippen molar-refractivity contribution in [3.05, 3.63) is 42.1 Å². The van der Waals surface area contributed by atoms with E-state index in [-0.39, 0.29) is 5.92 Å². The second kappa shape index (κ2) is 7.96. The van der Waals surface area contributed by atoms with Gasteiger partial charge in [-0.3, -0.25) is 9.88 Å². The highest BCUT2D eigenvalue weighted by atomic mass is 16.5. The fraction of sp³-hybridized carbons (Fsp3) is 0.526. The average Bonchev–Trinajstić information content (AvgIpc) is 3.32. The van der Waals surface area contributed by atoms with E-state index in [9.17, 15) is 0 Å². The molecule has 0 amide bonds. The van der Waals surface area contributed by atoms with E-state index in [1.54, 1.807) is 12.4 Å². The molecule has 0 aliphatic carbocycles. The Morgan fingerprint density at radius 2 is 2.22 bits per heavy atom. The van der Waals surface area contributed by atoms with Gasteiger partial charge in [0.25, 0.3) is 0 Å². The summed E-state index contributed by atoms with van der Waals surface area (Å²) in [5.74, 6) is 3.44. The molecular weight excluding hydrogens is 344 g/mol. The maximum absolute atomic E-state index is 5.81. The third-order valence-corrected chi connectivity index (χ3v) is 4.66. The molecule has 8 heteroatoms. The summed E-state index contributed by atoms with van der Waals surface area (Å²) in [4.78, 5) is 11.0. The first-order valence-corrected chi connectivity index (χ1v) is 9.45. The minimum absolute atomic E-state index is 0.257. The van der Waals surface area contributed by atoms with Crippen LogP contribution in [0.2, 0.25) is 0 Å². The Morgan fingerprint density at radius 1 is 1.30 bits per heavy atom. The van der Waals surface area contributed by atoms with Crippen LogP contribution in [-0.2, 0) is 13.0 Å². The van der Waals surface area contributed by atoms with Gasteiger partial charge in [-0.2, -0.15) is 4.98 Å². The van der Waals surface area contributed by atoms with Gasteiger partial charge in [-0.1, -0.05) is 19.0 Å². The molecule has 4 heterocycles. The zero-order chi connectivity index (χ0) is 18.6. The van der Waals surface area contributed by atoms with Crippen molar-refractivity contribution in [2.45, 2.75) is 45.6 Å². The molecular formula is C19H24N6O2. The van der Waals surface area contributed by atoms with E-state index in [4.69, 9.17) is 8.94 Å². The molecule has 1 aliphatic rings. The largest absolute Gasteiger partial charge is 0.419 e. The lowest BCUT2D eigenvalue weighted by atomic mass is 9.98. The lowest BCUT2D eigenvalue weighted by Crippen LogP contribution is -2.34. The first-order valence-electron chi connectivity index (χ1n) is 9.45. The second-order valence-electron chi connectivity index (χ2n) is 7.46. The molecule has 0 saturated carbocycles. The van der Waals surface area contributed by atoms with Crippen molar-refractivity contribution < 1.29 is 8.94 Å². The number of pyridine rings is 1. The predicted molar refractivity (Wildman–Crippen MR) is 97.6 cm³/mol. The van der Waals surface area contributed by atoms with E-state index in [1.165, 1.54) is 0 Å². The summed E-state index contributed by atoms with van der Waals surface area (Å²) in [7, 11) is 0. The summed E-state index contributed by atoms with van der Waals surface area (Å²) < 4.78 is 11.3. The second-order valence-corrected chi connectivity index (χ2v) is 7.46. The third-order valence-electron chi connectivity index (χ3n) is 4.66. The topological polar surface area (TPSA) is 94.0 Å². The number of likely N-dealkylation sites (tertiary alicyclic amines) is 1. The fourth-order valence-corrected chi connectivity index (χ4v) is 3.40. The molecule has 0 aromatic carbocycles. The van der Waals surface area contributed by atoms with E-state index in [1.807, 2.05) is 12.1 Å². The van der Waals surface area contributed by atoms with Crippen LogP contribution in [0.1, 0.15) is 50.2 Å². The third kappa shape index (κ3) is 4.39. The van der Waals surface area contributed by atoms with Crippen molar-refractivity contribution in [1.29, 1.82) is 0 Å². The molecule has 0 unspecified atom stereocenters. The number of nitrogens with zero attached hydrogens (tertiary/aromatic N) is 6. The highest BCUT2D eigenvalue weighted by molar-refractivity contribution is 5.49. The highest BCUT2D eigenvalue weighted by Crippen LogP contribution is 2.27. The van der Waals surface area contributed by atoms with Crippen LogP contribution in [-0.4, -0.2) is 43.3 Å². The normalized spacial score (nSPS) is 18.3. The van der Waals surface area contributed by atoms with Gasteiger partial charge in [0.15, 0.2) is 5.82 Å². The van der Waals surface area contributed by atoms with Gasteiger partial charge in [-0.05, 0) is 37.4 Å². The first kappa shape index (κ1) is 17.8. The van der Waals surface area contributed by atoms with Crippen LogP contribution in [0.3, 0.4) is 0 Å². The van der Waals surface area contributed by atoms with E-state index >= 15 is 0 Å². The first-order chi connectivity index (χ1) is 13.2. The van der Waals surface area contributed by atoms with Crippen LogP contribution in [0.5, 0.6) is 0 Å². The summed E-state index contributed by atoms with van der Waals surface area (Å²) in [6.07, 6.45) is 6.43. The summed E-state index contributed by atoms with van der Waals surface area (Å²) in [6.45, 7) is 6.78. The molecule has 27 heavy (non-hydrogen) atoms. The molecule has 142 valence electrons. The lowest BCUT2D eigenvalue weighted by molar-refractivity contribution is 0.167. The zero-order valence-electron chi connectivity index (χ0n) is 15.7. The molecule has 0 bridgehead atoms. The van der Waals surface area contributed by atoms with Gasteiger partial charge in [-0.15, -0.1) is 10.2 Å². The number of hydrogen-bond acceptors (Lipinski definition) is 8. The van der Waals surface area contributed by atoms with Gasteiger partial charge in [0.1, 0.15) is 0 Å². The fourth-order valence-electron chi connectivity index (χ4n) is 3.40. The molecule has 0 radical (unpaired) electrons. The van der Waals surface area contributed by atoms with Crippen LogP contribution in [0.25, 0.3) is 11.5 Å². The smallest absolute Gasteiger partial charge is 0.249 e. The number of hydrogen-bond donors (Lipinski definition) is 0. The Bertz CT molecular complexity index is 860. The van der Waals surface area contributed by atoms with Crippen molar-refractivity contribution in [1.82, 2.24) is 30.2 Å². The molecule has 0 N–H and O–H groups in total. The lowest BCUT2D eigenvalue weighted by Gasteiger charge is -2.29. The number of rotatable bonds is 6. The van der Waals surface area contributed by atoms with Crippen molar-refractivity contribution in [3.8, 4) is 11.5 Å². The van der Waals surface area contributed by atoms with Crippen molar-refractivity contribution >= 4 is 0 Å². The molecule has 3 aromatic rings. The van der Waals surface area contributed by atoms with Gasteiger partial charge in [0, 0.05) is 25.4 Å². The quantitative estimate of drug-likeness (QED) is 0.655. The monoisotopic (exact) mass is 368 g/mol. The summed E-state index contributed by atoms with van der Waals surface area (Å²) in [5.41, 5.74) is 0.830. The SMILES string of the molecule is CC(C)Cc1noc([C@@H]2CCCN(Cc3nnc(-c4cccnc4)o3)C2)n1. The van der Waals surface area contributed by atoms with Gasteiger partial charge in [0.05, 0.1) is 18.0 Å². The van der Waals surface area contributed by atoms with Gasteiger partial charge < -0.3 is 8.94 Å². The Balaban J connectivity index is 1.39. The van der Waals surface area contributed by atoms with Crippen LogP contribution in [0.4, 0.5) is 0 Å². The predicted octanol–water partition coefficient (Wildman–Crippen LogP) is 3.09. The Hall–Kier alpha value is -2.61. The summed E-state index contributed by atoms with van der Waals surface area (Å²) in [5, 5.41) is 12.4. The van der Waals surface area contributed by atoms with Gasteiger partial charge >= 0.3 is 0 Å². The van der Waals surface area contributed by atoms with Gasteiger partial charge in [-0.25, -0.2) is 0 Å². The van der Waals surface area contributed by atoms with Crippen LogP contribution in [0, 0.1) is 5.92 Å². The van der Waals surface area contributed by atoms with Crippen LogP contribution < -0.4 is 0 Å². The molecule has 8 nitrogen and oxygen atoms in total. The zero-order valence-corrected chi connectivity index (χ0v) is 15.7. The number of aromatic nitrogens is 5. The van der Waals surface area contributed by atoms with Crippen molar-refractivity contribution in [2.75, 3.05) is 13.1 Å². The van der Waals surface area contributed by atoms with Crippen molar-refractivity contribution in [3.63, 3.8) is 0 Å². The summed E-state index contributed by atoms with van der Waals surface area (Å²) >= 11 is 0. The Labute approximate surface area is 158 Å². The maximum atomic E-state index is 5.81. The van der Waals surface area contributed by atoms with Crippen LogP contribution >= 0.6 is 0 Å². The summed E-state index contributed by atoms with van der Waals surface area (Å²) in [6, 6.07) is 3.76. The van der Waals surface area contributed by atoms with E-state index in [0.29, 0.717) is 24.2 Å². The highest BCUT2D eigenvalue weighted by Gasteiger charge is 2.27. The minimum Gasteiger partial charge on any atom is -0.419 e. The van der Waals surface area contributed by atoms with Crippen molar-refractivity contribution in [2.24, 2.45) is 5.92 Å². The average molecular weight is 368 g/mol. The number of piperidine rings is 1. The molecule has 0 spiro atoms. The standard InChI is InChI=1S/C19H24N6O2/c1-13(2)9-16-21-18(27-24-16)15-6-4-8-25(11-15)12-17-22-23-19(26-17)14-5-3-7-20-10-14/h3,5,7,10,13,15H,4,6,8-9,11-12H2,1-2H3/t15-/m1/s1.